The summed E-state index contributed by atoms with van der Waals surface area (Å²) in [7, 11) is 2.04. The first-order valence-electron chi connectivity index (χ1n) is 6.89. The second-order valence-electron chi connectivity index (χ2n) is 5.52. The zero-order chi connectivity index (χ0) is 12.5. The Morgan fingerprint density at radius 2 is 2.00 bits per heavy atom. The molecule has 0 radical (unpaired) electrons. The summed E-state index contributed by atoms with van der Waals surface area (Å²) in [5.41, 5.74) is 2.44. The van der Waals surface area contributed by atoms with E-state index >= 15 is 0 Å². The summed E-state index contributed by atoms with van der Waals surface area (Å²) in [6.45, 7) is 10.2. The first-order valence-corrected chi connectivity index (χ1v) is 6.89. The van der Waals surface area contributed by atoms with Gasteiger partial charge in [0.15, 0.2) is 0 Å². The van der Waals surface area contributed by atoms with E-state index in [2.05, 4.69) is 33.2 Å². The summed E-state index contributed by atoms with van der Waals surface area (Å²) in [5, 5.41) is 7.77. The van der Waals surface area contributed by atoms with E-state index in [1.165, 1.54) is 45.0 Å². The van der Waals surface area contributed by atoms with Crippen molar-refractivity contribution in [3.05, 3.63) is 17.5 Å². The van der Waals surface area contributed by atoms with Crippen molar-refractivity contribution >= 4 is 0 Å². The molecule has 2 fully saturated rings. The molecule has 0 spiro atoms. The van der Waals surface area contributed by atoms with E-state index in [1.807, 2.05) is 11.7 Å². The lowest BCUT2D eigenvalue weighted by Gasteiger charge is -2.43. The lowest BCUT2D eigenvalue weighted by atomic mass is 10.1. The van der Waals surface area contributed by atoms with Crippen molar-refractivity contribution in [3.63, 3.8) is 0 Å². The fourth-order valence-corrected chi connectivity index (χ4v) is 2.86. The average molecular weight is 249 g/mol. The van der Waals surface area contributed by atoms with Crippen molar-refractivity contribution in [1.29, 1.82) is 0 Å². The fraction of sp³-hybridized carbons (Fsp3) is 0.769. The monoisotopic (exact) mass is 249 g/mol. The second-order valence-corrected chi connectivity index (χ2v) is 5.52. The van der Waals surface area contributed by atoms with Gasteiger partial charge in [0, 0.05) is 58.9 Å². The van der Waals surface area contributed by atoms with Crippen LogP contribution in [-0.2, 0) is 13.6 Å². The van der Waals surface area contributed by atoms with Crippen molar-refractivity contribution in [1.82, 2.24) is 24.9 Å². The molecular formula is C13H23N5. The largest absolute Gasteiger partial charge is 0.314 e. The maximum absolute atomic E-state index is 4.41. The molecule has 1 N–H and O–H groups in total. The minimum atomic E-state index is 0.797. The van der Waals surface area contributed by atoms with Gasteiger partial charge in [-0.25, -0.2) is 0 Å². The molecule has 18 heavy (non-hydrogen) atoms. The molecule has 100 valence electrons. The standard InChI is InChI=1S/C13H23N5/c1-11-7-12(16(2)15-11)10-17-3-5-18(6-4-17)13-8-14-9-13/h7,13-14H,3-6,8-10H2,1-2H3. The Balaban J connectivity index is 1.52. The van der Waals surface area contributed by atoms with Crippen LogP contribution in [0.1, 0.15) is 11.4 Å². The van der Waals surface area contributed by atoms with Crippen LogP contribution in [0, 0.1) is 6.92 Å². The van der Waals surface area contributed by atoms with Crippen molar-refractivity contribution in [2.24, 2.45) is 7.05 Å². The van der Waals surface area contributed by atoms with Crippen LogP contribution in [0.3, 0.4) is 0 Å². The summed E-state index contributed by atoms with van der Waals surface area (Å²) >= 11 is 0. The average Bonchev–Trinajstić information content (AvgIpc) is 2.58. The molecule has 0 aliphatic carbocycles. The number of piperazine rings is 1. The van der Waals surface area contributed by atoms with Gasteiger partial charge in [0.05, 0.1) is 11.4 Å². The van der Waals surface area contributed by atoms with Crippen LogP contribution in [0.15, 0.2) is 6.07 Å². The van der Waals surface area contributed by atoms with Gasteiger partial charge in [-0.15, -0.1) is 0 Å². The molecule has 0 aromatic carbocycles. The normalized spacial score (nSPS) is 23.2. The summed E-state index contributed by atoms with van der Waals surface area (Å²) < 4.78 is 2.01. The molecule has 1 aromatic heterocycles. The van der Waals surface area contributed by atoms with Gasteiger partial charge in [-0.1, -0.05) is 0 Å². The molecule has 5 nitrogen and oxygen atoms in total. The highest BCUT2D eigenvalue weighted by atomic mass is 15.3. The smallest absolute Gasteiger partial charge is 0.0597 e. The van der Waals surface area contributed by atoms with E-state index in [-0.39, 0.29) is 0 Å². The van der Waals surface area contributed by atoms with Gasteiger partial charge >= 0.3 is 0 Å². The summed E-state index contributed by atoms with van der Waals surface area (Å²) in [6.07, 6.45) is 0. The Hall–Kier alpha value is -0.910. The molecule has 3 rings (SSSR count). The minimum Gasteiger partial charge on any atom is -0.314 e. The van der Waals surface area contributed by atoms with Crippen LogP contribution in [0.2, 0.25) is 0 Å². The van der Waals surface area contributed by atoms with Crippen molar-refractivity contribution in [2.75, 3.05) is 39.3 Å². The van der Waals surface area contributed by atoms with E-state index in [9.17, 15) is 0 Å². The Bertz CT molecular complexity index is 402. The van der Waals surface area contributed by atoms with Crippen LogP contribution in [0.4, 0.5) is 0 Å². The highest BCUT2D eigenvalue weighted by molar-refractivity contribution is 5.08. The van der Waals surface area contributed by atoms with E-state index in [1.54, 1.807) is 0 Å². The lowest BCUT2D eigenvalue weighted by molar-refractivity contribution is 0.0685. The third-order valence-electron chi connectivity index (χ3n) is 4.17. The summed E-state index contributed by atoms with van der Waals surface area (Å²) in [5.74, 6) is 0. The number of aromatic nitrogens is 2. The van der Waals surface area contributed by atoms with Crippen LogP contribution < -0.4 is 5.32 Å². The Morgan fingerprint density at radius 3 is 2.50 bits per heavy atom. The zero-order valence-electron chi connectivity index (χ0n) is 11.4. The van der Waals surface area contributed by atoms with Crippen molar-refractivity contribution in [2.45, 2.75) is 19.5 Å². The fourth-order valence-electron chi connectivity index (χ4n) is 2.86. The van der Waals surface area contributed by atoms with Gasteiger partial charge in [0.1, 0.15) is 0 Å². The van der Waals surface area contributed by atoms with Crippen molar-refractivity contribution < 1.29 is 0 Å². The molecule has 5 heteroatoms. The van der Waals surface area contributed by atoms with Crippen LogP contribution in [0.25, 0.3) is 0 Å². The van der Waals surface area contributed by atoms with Gasteiger partial charge in [0.2, 0.25) is 0 Å². The number of hydrogen-bond donors (Lipinski definition) is 1. The maximum Gasteiger partial charge on any atom is 0.0597 e. The summed E-state index contributed by atoms with van der Waals surface area (Å²) in [6, 6.07) is 2.99. The topological polar surface area (TPSA) is 36.3 Å². The predicted octanol–water partition coefficient (Wildman–Crippen LogP) is -0.182. The van der Waals surface area contributed by atoms with E-state index in [4.69, 9.17) is 0 Å². The number of aryl methyl sites for hydroxylation is 2. The van der Waals surface area contributed by atoms with E-state index in [0.29, 0.717) is 0 Å². The summed E-state index contributed by atoms with van der Waals surface area (Å²) in [4.78, 5) is 5.17. The number of rotatable bonds is 3. The molecular weight excluding hydrogens is 226 g/mol. The quantitative estimate of drug-likeness (QED) is 0.806. The molecule has 2 saturated heterocycles. The zero-order valence-corrected chi connectivity index (χ0v) is 11.4. The van der Waals surface area contributed by atoms with Gasteiger partial charge < -0.3 is 5.32 Å². The number of nitrogens with one attached hydrogen (secondary N) is 1. The SMILES string of the molecule is Cc1cc(CN2CCN(C3CNC3)CC2)n(C)n1. The molecule has 2 aliphatic rings. The Kier molecular flexibility index (Phi) is 3.37. The maximum atomic E-state index is 4.41. The van der Waals surface area contributed by atoms with Gasteiger partial charge in [-0.05, 0) is 13.0 Å². The van der Waals surface area contributed by atoms with E-state index in [0.717, 1.165) is 18.3 Å². The number of nitrogens with zero attached hydrogens (tertiary/aromatic N) is 4. The molecule has 1 aromatic rings. The van der Waals surface area contributed by atoms with E-state index < -0.39 is 0 Å². The minimum absolute atomic E-state index is 0.797. The Labute approximate surface area is 109 Å². The highest BCUT2D eigenvalue weighted by Gasteiger charge is 2.27. The third kappa shape index (κ3) is 2.43. The predicted molar refractivity (Wildman–Crippen MR) is 71.5 cm³/mol. The molecule has 0 unspecified atom stereocenters. The lowest BCUT2D eigenvalue weighted by Crippen LogP contribution is -2.61. The van der Waals surface area contributed by atoms with Crippen LogP contribution in [0.5, 0.6) is 0 Å². The molecule has 0 saturated carbocycles. The van der Waals surface area contributed by atoms with Gasteiger partial charge in [-0.2, -0.15) is 5.10 Å². The first kappa shape index (κ1) is 12.1. The van der Waals surface area contributed by atoms with Crippen LogP contribution in [-0.4, -0.2) is 64.9 Å². The van der Waals surface area contributed by atoms with Crippen LogP contribution >= 0.6 is 0 Å². The molecule has 2 aliphatic heterocycles. The van der Waals surface area contributed by atoms with Gasteiger partial charge in [-0.3, -0.25) is 14.5 Å². The third-order valence-corrected chi connectivity index (χ3v) is 4.17. The second kappa shape index (κ2) is 4.99. The van der Waals surface area contributed by atoms with Crippen molar-refractivity contribution in [3.8, 4) is 0 Å². The molecule has 3 heterocycles. The Morgan fingerprint density at radius 1 is 1.28 bits per heavy atom. The number of hydrogen-bond acceptors (Lipinski definition) is 4. The molecule has 0 bridgehead atoms. The molecule has 0 amide bonds. The first-order chi connectivity index (χ1) is 8.72. The highest BCUT2D eigenvalue weighted by Crippen LogP contribution is 2.12. The molecule has 0 atom stereocenters. The van der Waals surface area contributed by atoms with Gasteiger partial charge in [0.25, 0.3) is 0 Å².